The molecule has 2 aromatic rings. The Bertz CT molecular complexity index is 819. The molecule has 0 amide bonds. The third kappa shape index (κ3) is 4.79. The van der Waals surface area contributed by atoms with Crippen LogP contribution in [0, 0.1) is 5.82 Å². The maximum absolute atomic E-state index is 12.9. The topological polar surface area (TPSA) is 40.6 Å². The zero-order valence-corrected chi connectivity index (χ0v) is 15.3. The number of nitrogens with zero attached hydrogens (tertiary/aromatic N) is 2. The van der Waals surface area contributed by atoms with E-state index in [2.05, 4.69) is 4.90 Å². The molecule has 0 spiro atoms. The Hall–Kier alpha value is -1.47. The molecule has 1 saturated heterocycles. The molecule has 0 aromatic heterocycles. The second-order valence-electron chi connectivity index (χ2n) is 6.15. The first-order valence-corrected chi connectivity index (χ1v) is 10.1. The highest BCUT2D eigenvalue weighted by Crippen LogP contribution is 2.19. The number of rotatable bonds is 5. The average molecular weight is 383 g/mol. The van der Waals surface area contributed by atoms with Crippen LogP contribution in [0.15, 0.2) is 48.5 Å². The summed E-state index contributed by atoms with van der Waals surface area (Å²) in [5.41, 5.74) is 1.65. The molecule has 0 unspecified atom stereocenters. The van der Waals surface area contributed by atoms with Crippen LogP contribution in [0.5, 0.6) is 0 Å². The maximum atomic E-state index is 12.9. The van der Waals surface area contributed by atoms with Gasteiger partial charge in [0.15, 0.2) is 0 Å². The average Bonchev–Trinajstić information content (AvgIpc) is 2.59. The molecule has 0 N–H and O–H groups in total. The van der Waals surface area contributed by atoms with Crippen LogP contribution >= 0.6 is 11.6 Å². The van der Waals surface area contributed by atoms with Gasteiger partial charge in [-0.1, -0.05) is 41.9 Å². The Balaban J connectivity index is 1.57. The molecule has 7 heteroatoms. The quantitative estimate of drug-likeness (QED) is 0.797. The van der Waals surface area contributed by atoms with Crippen molar-refractivity contribution in [1.82, 2.24) is 9.21 Å². The summed E-state index contributed by atoms with van der Waals surface area (Å²) in [6, 6.07) is 13.3. The highest BCUT2D eigenvalue weighted by Gasteiger charge is 2.27. The van der Waals surface area contributed by atoms with Gasteiger partial charge in [-0.3, -0.25) is 4.90 Å². The Morgan fingerprint density at radius 2 is 1.60 bits per heavy atom. The Kier molecular flexibility index (Phi) is 5.74. The Morgan fingerprint density at radius 3 is 2.24 bits per heavy atom. The van der Waals surface area contributed by atoms with E-state index in [0.29, 0.717) is 38.3 Å². The normalized spacial score (nSPS) is 16.9. The molecule has 1 heterocycles. The minimum absolute atomic E-state index is 0.0994. The number of benzene rings is 2. The lowest BCUT2D eigenvalue weighted by molar-refractivity contribution is 0.181. The molecule has 1 aliphatic rings. The van der Waals surface area contributed by atoms with Gasteiger partial charge in [0.1, 0.15) is 5.82 Å². The van der Waals surface area contributed by atoms with Gasteiger partial charge in [-0.25, -0.2) is 12.8 Å². The predicted molar refractivity (Wildman–Crippen MR) is 97.3 cm³/mol. The van der Waals surface area contributed by atoms with Gasteiger partial charge >= 0.3 is 0 Å². The molecule has 1 aliphatic heterocycles. The third-order valence-corrected chi connectivity index (χ3v) is 6.56. The molecule has 0 atom stereocenters. The molecule has 1 fully saturated rings. The Morgan fingerprint density at radius 1 is 0.960 bits per heavy atom. The molecular weight excluding hydrogens is 363 g/mol. The molecule has 25 heavy (non-hydrogen) atoms. The zero-order valence-electron chi connectivity index (χ0n) is 13.7. The molecule has 0 aliphatic carbocycles. The number of piperazine rings is 1. The maximum Gasteiger partial charge on any atom is 0.218 e. The minimum Gasteiger partial charge on any atom is -0.296 e. The van der Waals surface area contributed by atoms with Crippen molar-refractivity contribution in [3.05, 3.63) is 70.5 Å². The van der Waals surface area contributed by atoms with Crippen molar-refractivity contribution in [2.45, 2.75) is 12.3 Å². The van der Waals surface area contributed by atoms with Crippen molar-refractivity contribution >= 4 is 21.6 Å². The zero-order chi connectivity index (χ0) is 17.9. The molecular formula is C18H20ClFN2O2S. The number of hydrogen-bond donors (Lipinski definition) is 0. The summed E-state index contributed by atoms with van der Waals surface area (Å²) in [4.78, 5) is 2.20. The molecule has 134 valence electrons. The molecule has 4 nitrogen and oxygen atoms in total. The van der Waals surface area contributed by atoms with E-state index in [0.717, 1.165) is 10.6 Å². The lowest BCUT2D eigenvalue weighted by atomic mass is 10.2. The second-order valence-corrected chi connectivity index (χ2v) is 8.53. The minimum atomic E-state index is -3.40. The van der Waals surface area contributed by atoms with E-state index >= 15 is 0 Å². The van der Waals surface area contributed by atoms with E-state index in [-0.39, 0.29) is 11.6 Å². The summed E-state index contributed by atoms with van der Waals surface area (Å²) >= 11 is 6.19. The van der Waals surface area contributed by atoms with Crippen molar-refractivity contribution in [1.29, 1.82) is 0 Å². The van der Waals surface area contributed by atoms with E-state index in [1.807, 2.05) is 24.3 Å². The van der Waals surface area contributed by atoms with Crippen molar-refractivity contribution < 1.29 is 12.8 Å². The van der Waals surface area contributed by atoms with Crippen LogP contribution in [0.3, 0.4) is 0 Å². The van der Waals surface area contributed by atoms with E-state index < -0.39 is 10.0 Å². The van der Waals surface area contributed by atoms with Crippen molar-refractivity contribution in [2.75, 3.05) is 26.2 Å². The van der Waals surface area contributed by atoms with Crippen LogP contribution in [-0.2, 0) is 22.3 Å². The Labute approximate surface area is 152 Å². The van der Waals surface area contributed by atoms with Crippen molar-refractivity contribution in [3.63, 3.8) is 0 Å². The predicted octanol–water partition coefficient (Wildman–Crippen LogP) is 3.13. The van der Waals surface area contributed by atoms with Crippen molar-refractivity contribution in [3.8, 4) is 0 Å². The summed E-state index contributed by atoms with van der Waals surface area (Å²) < 4.78 is 39.6. The standard InChI is InChI=1S/C18H20ClFN2O2S/c19-18-4-2-1-3-16(18)13-21-9-11-22(12-10-21)25(23,24)14-15-5-7-17(20)8-6-15/h1-8H,9-14H2. The van der Waals surface area contributed by atoms with Gasteiger partial charge in [-0.2, -0.15) is 4.31 Å². The fourth-order valence-electron chi connectivity index (χ4n) is 2.92. The highest BCUT2D eigenvalue weighted by molar-refractivity contribution is 7.88. The largest absolute Gasteiger partial charge is 0.296 e. The van der Waals surface area contributed by atoms with Gasteiger partial charge < -0.3 is 0 Å². The van der Waals surface area contributed by atoms with Crippen LogP contribution in [-0.4, -0.2) is 43.8 Å². The summed E-state index contributed by atoms with van der Waals surface area (Å²) in [6.45, 7) is 2.94. The molecule has 0 bridgehead atoms. The third-order valence-electron chi connectivity index (χ3n) is 4.34. The highest BCUT2D eigenvalue weighted by atomic mass is 35.5. The van der Waals surface area contributed by atoms with E-state index in [9.17, 15) is 12.8 Å². The van der Waals surface area contributed by atoms with Crippen LogP contribution < -0.4 is 0 Å². The summed E-state index contributed by atoms with van der Waals surface area (Å²) in [6.07, 6.45) is 0. The molecule has 0 saturated carbocycles. The summed E-state index contributed by atoms with van der Waals surface area (Å²) in [5.74, 6) is -0.466. The summed E-state index contributed by atoms with van der Waals surface area (Å²) in [7, 11) is -3.40. The number of hydrogen-bond acceptors (Lipinski definition) is 3. The van der Waals surface area contributed by atoms with Crippen LogP contribution in [0.25, 0.3) is 0 Å². The first kappa shape index (κ1) is 18.3. The van der Waals surface area contributed by atoms with Gasteiger partial charge in [-0.15, -0.1) is 0 Å². The molecule has 3 rings (SSSR count). The first-order valence-electron chi connectivity index (χ1n) is 8.12. The first-order chi connectivity index (χ1) is 11.9. The van der Waals surface area contributed by atoms with Gasteiger partial charge in [0, 0.05) is 37.7 Å². The lowest BCUT2D eigenvalue weighted by Crippen LogP contribution is -2.48. The van der Waals surface area contributed by atoms with Gasteiger partial charge in [-0.05, 0) is 29.3 Å². The fraction of sp³-hybridized carbons (Fsp3) is 0.333. The molecule has 0 radical (unpaired) electrons. The SMILES string of the molecule is O=S(=O)(Cc1ccc(F)cc1)N1CCN(Cc2ccccc2Cl)CC1. The van der Waals surface area contributed by atoms with E-state index in [1.54, 1.807) is 0 Å². The number of halogens is 2. The van der Waals surface area contributed by atoms with E-state index in [4.69, 9.17) is 11.6 Å². The fourth-order valence-corrected chi connectivity index (χ4v) is 4.63. The van der Waals surface area contributed by atoms with Crippen LogP contribution in [0.2, 0.25) is 5.02 Å². The summed E-state index contributed by atoms with van der Waals surface area (Å²) in [5, 5.41) is 0.730. The monoisotopic (exact) mass is 382 g/mol. The second kappa shape index (κ2) is 7.83. The van der Waals surface area contributed by atoms with Crippen LogP contribution in [0.1, 0.15) is 11.1 Å². The van der Waals surface area contributed by atoms with Crippen LogP contribution in [0.4, 0.5) is 4.39 Å². The van der Waals surface area contributed by atoms with E-state index in [1.165, 1.54) is 28.6 Å². The van der Waals surface area contributed by atoms with Gasteiger partial charge in [0.05, 0.1) is 5.75 Å². The van der Waals surface area contributed by atoms with Gasteiger partial charge in [0.2, 0.25) is 10.0 Å². The molecule has 2 aromatic carbocycles. The number of sulfonamides is 1. The smallest absolute Gasteiger partial charge is 0.218 e. The van der Waals surface area contributed by atoms with Gasteiger partial charge in [0.25, 0.3) is 0 Å². The lowest BCUT2D eigenvalue weighted by Gasteiger charge is -2.34. The van der Waals surface area contributed by atoms with Crippen molar-refractivity contribution in [2.24, 2.45) is 0 Å².